The molecule has 2 heterocycles. The van der Waals surface area contributed by atoms with E-state index in [4.69, 9.17) is 0 Å². The molecule has 0 aliphatic heterocycles. The van der Waals surface area contributed by atoms with Crippen LogP contribution in [0.4, 0.5) is 14.6 Å². The van der Waals surface area contributed by atoms with Gasteiger partial charge in [0, 0.05) is 12.4 Å². The number of pyridine rings is 1. The average molecular weight is 340 g/mol. The van der Waals surface area contributed by atoms with Crippen LogP contribution in [0, 0.1) is 18.6 Å². The highest BCUT2D eigenvalue weighted by molar-refractivity contribution is 6.02. The topological polar surface area (TPSA) is 67.8 Å². The van der Waals surface area contributed by atoms with E-state index >= 15 is 0 Å². The molecule has 7 heteroatoms. The first kappa shape index (κ1) is 16.6. The zero-order valence-electron chi connectivity index (χ0n) is 13.3. The Bertz CT molecular complexity index is 913. The van der Waals surface area contributed by atoms with Crippen LogP contribution in [0.2, 0.25) is 0 Å². The second kappa shape index (κ2) is 7.12. The van der Waals surface area contributed by atoms with E-state index < -0.39 is 11.6 Å². The number of anilines is 1. The van der Waals surface area contributed by atoms with Crippen LogP contribution in [0.15, 0.2) is 48.8 Å². The van der Waals surface area contributed by atoms with Gasteiger partial charge in [-0.15, -0.1) is 0 Å². The Labute approximate surface area is 142 Å². The molecule has 3 aromatic rings. The summed E-state index contributed by atoms with van der Waals surface area (Å²) in [6.07, 6.45) is 3.49. The largest absolute Gasteiger partial charge is 0.305 e. The summed E-state index contributed by atoms with van der Waals surface area (Å²) < 4.78 is 26.2. The highest BCUT2D eigenvalue weighted by Gasteiger charge is 2.09. The number of amides is 1. The summed E-state index contributed by atoms with van der Waals surface area (Å²) in [6, 6.07) is 8.68. The van der Waals surface area contributed by atoms with Crippen molar-refractivity contribution < 1.29 is 13.6 Å². The molecule has 25 heavy (non-hydrogen) atoms. The Balaban J connectivity index is 1.67. The Kier molecular flexibility index (Phi) is 4.74. The molecule has 1 amide bonds. The summed E-state index contributed by atoms with van der Waals surface area (Å²) in [6.45, 7) is 1.70. The van der Waals surface area contributed by atoms with Crippen LogP contribution >= 0.6 is 0 Å². The summed E-state index contributed by atoms with van der Waals surface area (Å²) in [4.78, 5) is 24.2. The zero-order chi connectivity index (χ0) is 17.8. The number of aromatic nitrogens is 3. The Morgan fingerprint density at radius 2 is 1.84 bits per heavy atom. The molecule has 0 bridgehead atoms. The van der Waals surface area contributed by atoms with E-state index in [0.717, 1.165) is 17.7 Å². The smallest absolute Gasteiger partial charge is 0.275 e. The van der Waals surface area contributed by atoms with Crippen molar-refractivity contribution in [2.75, 3.05) is 5.32 Å². The van der Waals surface area contributed by atoms with E-state index in [0.29, 0.717) is 23.6 Å². The lowest BCUT2D eigenvalue weighted by atomic mass is 10.1. The quantitative estimate of drug-likeness (QED) is 0.791. The van der Waals surface area contributed by atoms with Crippen LogP contribution in [0.5, 0.6) is 0 Å². The predicted molar refractivity (Wildman–Crippen MR) is 88.1 cm³/mol. The van der Waals surface area contributed by atoms with Gasteiger partial charge in [-0.1, -0.05) is 12.1 Å². The van der Waals surface area contributed by atoms with Crippen molar-refractivity contribution in [1.82, 2.24) is 15.0 Å². The number of benzene rings is 1. The molecule has 0 fully saturated rings. The normalized spacial score (nSPS) is 10.5. The maximum Gasteiger partial charge on any atom is 0.275 e. The molecule has 2 aromatic heterocycles. The Morgan fingerprint density at radius 1 is 1.04 bits per heavy atom. The summed E-state index contributed by atoms with van der Waals surface area (Å²) in [7, 11) is 0. The summed E-state index contributed by atoms with van der Waals surface area (Å²) in [5, 5.41) is 2.64. The molecule has 0 aliphatic rings. The number of carbonyl (C=O) groups is 1. The fraction of sp³-hybridized carbons (Fsp3) is 0.111. The fourth-order valence-corrected chi connectivity index (χ4v) is 2.25. The minimum Gasteiger partial charge on any atom is -0.305 e. The number of carbonyl (C=O) groups excluding carboxylic acids is 1. The first-order valence-corrected chi connectivity index (χ1v) is 7.51. The van der Waals surface area contributed by atoms with Gasteiger partial charge in [-0.25, -0.2) is 23.7 Å². The number of rotatable bonds is 4. The van der Waals surface area contributed by atoms with Gasteiger partial charge in [-0.2, -0.15) is 0 Å². The SMILES string of the molecule is Cc1nccc(C(=O)Nc2ccc(Cc3ccc(F)c(F)c3)cn2)n1. The monoisotopic (exact) mass is 340 g/mol. The lowest BCUT2D eigenvalue weighted by Crippen LogP contribution is -2.15. The molecular weight excluding hydrogens is 326 g/mol. The number of nitrogens with one attached hydrogen (secondary N) is 1. The van der Waals surface area contributed by atoms with E-state index in [1.54, 1.807) is 25.3 Å². The number of hydrogen-bond donors (Lipinski definition) is 1. The molecule has 5 nitrogen and oxygen atoms in total. The second-order valence-corrected chi connectivity index (χ2v) is 5.42. The van der Waals surface area contributed by atoms with Gasteiger partial charge in [-0.3, -0.25) is 4.79 Å². The van der Waals surface area contributed by atoms with E-state index in [1.807, 2.05) is 0 Å². The number of halogens is 2. The Hall–Kier alpha value is -3.22. The van der Waals surface area contributed by atoms with Crippen LogP contribution in [-0.2, 0) is 6.42 Å². The van der Waals surface area contributed by atoms with Crippen molar-refractivity contribution in [3.05, 3.63) is 83.1 Å². The highest BCUT2D eigenvalue weighted by Crippen LogP contribution is 2.14. The average Bonchev–Trinajstić information content (AvgIpc) is 2.60. The first-order valence-electron chi connectivity index (χ1n) is 7.51. The van der Waals surface area contributed by atoms with Gasteiger partial charge < -0.3 is 5.32 Å². The molecule has 0 spiro atoms. The minimum absolute atomic E-state index is 0.250. The third-order valence-electron chi connectivity index (χ3n) is 3.47. The van der Waals surface area contributed by atoms with Gasteiger partial charge in [0.15, 0.2) is 11.6 Å². The van der Waals surface area contributed by atoms with E-state index in [2.05, 4.69) is 20.3 Å². The van der Waals surface area contributed by atoms with Crippen LogP contribution in [0.25, 0.3) is 0 Å². The van der Waals surface area contributed by atoms with E-state index in [-0.39, 0.29) is 11.6 Å². The van der Waals surface area contributed by atoms with Crippen LogP contribution < -0.4 is 5.32 Å². The number of nitrogens with zero attached hydrogens (tertiary/aromatic N) is 3. The van der Waals surface area contributed by atoms with Crippen molar-refractivity contribution in [3.63, 3.8) is 0 Å². The second-order valence-electron chi connectivity index (χ2n) is 5.42. The standard InChI is InChI=1S/C18H14F2N4O/c1-11-21-7-6-16(23-11)18(25)24-17-5-3-13(10-22-17)8-12-2-4-14(19)15(20)9-12/h2-7,9-10H,8H2,1H3,(H,22,24,25). The van der Waals surface area contributed by atoms with Crippen LogP contribution in [0.1, 0.15) is 27.4 Å². The molecule has 0 atom stereocenters. The van der Waals surface area contributed by atoms with Gasteiger partial charge in [0.05, 0.1) is 0 Å². The third kappa shape index (κ3) is 4.20. The molecule has 1 N–H and O–H groups in total. The maximum absolute atomic E-state index is 13.2. The van der Waals surface area contributed by atoms with Gasteiger partial charge in [-0.05, 0) is 48.7 Å². The predicted octanol–water partition coefficient (Wildman–Crippen LogP) is 3.30. The Morgan fingerprint density at radius 3 is 2.52 bits per heavy atom. The highest BCUT2D eigenvalue weighted by atomic mass is 19.2. The minimum atomic E-state index is -0.880. The molecule has 1 aromatic carbocycles. The van der Waals surface area contributed by atoms with Crippen molar-refractivity contribution in [2.45, 2.75) is 13.3 Å². The van der Waals surface area contributed by atoms with Gasteiger partial charge >= 0.3 is 0 Å². The van der Waals surface area contributed by atoms with Crippen molar-refractivity contribution >= 4 is 11.7 Å². The van der Waals surface area contributed by atoms with Crippen LogP contribution in [-0.4, -0.2) is 20.9 Å². The lowest BCUT2D eigenvalue weighted by Gasteiger charge is -2.06. The molecule has 0 saturated carbocycles. The fourth-order valence-electron chi connectivity index (χ4n) is 2.25. The zero-order valence-corrected chi connectivity index (χ0v) is 13.3. The number of aryl methyl sites for hydroxylation is 1. The van der Waals surface area contributed by atoms with Crippen LogP contribution in [0.3, 0.4) is 0 Å². The molecule has 126 valence electrons. The third-order valence-corrected chi connectivity index (χ3v) is 3.47. The molecule has 0 unspecified atom stereocenters. The summed E-state index contributed by atoms with van der Waals surface area (Å²) in [5.41, 5.74) is 1.69. The summed E-state index contributed by atoms with van der Waals surface area (Å²) in [5.74, 6) is -1.27. The first-order chi connectivity index (χ1) is 12.0. The molecule has 0 aliphatic carbocycles. The van der Waals surface area contributed by atoms with Crippen molar-refractivity contribution in [3.8, 4) is 0 Å². The van der Waals surface area contributed by atoms with Gasteiger partial charge in [0.1, 0.15) is 17.3 Å². The number of hydrogen-bond acceptors (Lipinski definition) is 4. The van der Waals surface area contributed by atoms with Crippen molar-refractivity contribution in [2.24, 2.45) is 0 Å². The molecular formula is C18H14F2N4O. The molecule has 0 radical (unpaired) electrons. The van der Waals surface area contributed by atoms with Crippen molar-refractivity contribution in [1.29, 1.82) is 0 Å². The van der Waals surface area contributed by atoms with Gasteiger partial charge in [0.25, 0.3) is 5.91 Å². The van der Waals surface area contributed by atoms with Gasteiger partial charge in [0.2, 0.25) is 0 Å². The summed E-state index contributed by atoms with van der Waals surface area (Å²) >= 11 is 0. The molecule has 0 saturated heterocycles. The van der Waals surface area contributed by atoms with E-state index in [1.165, 1.54) is 18.3 Å². The molecule has 3 rings (SSSR count). The van der Waals surface area contributed by atoms with E-state index in [9.17, 15) is 13.6 Å². The lowest BCUT2D eigenvalue weighted by molar-refractivity contribution is 0.102. The maximum atomic E-state index is 13.2.